The maximum Gasteiger partial charge on any atom is 0.289 e. The van der Waals surface area contributed by atoms with E-state index < -0.39 is 0 Å². The lowest BCUT2D eigenvalue weighted by Gasteiger charge is -2.15. The second-order valence-electron chi connectivity index (χ2n) is 4.45. The van der Waals surface area contributed by atoms with E-state index in [1.54, 1.807) is 42.3 Å². The minimum atomic E-state index is -0.146. The Morgan fingerprint density at radius 2 is 1.89 bits per heavy atom. The maximum absolute atomic E-state index is 12.1. The number of phenolic OH excluding ortho intramolecular Hbond substituents is 1. The summed E-state index contributed by atoms with van der Waals surface area (Å²) in [5, 5.41) is 9.21. The summed E-state index contributed by atoms with van der Waals surface area (Å²) < 4.78 is 5.44. The van der Waals surface area contributed by atoms with Crippen molar-refractivity contribution in [3.8, 4) is 5.75 Å². The number of nitrogens with zero attached hydrogens (tertiary/aromatic N) is 1. The first kappa shape index (κ1) is 13.2. The van der Waals surface area contributed by atoms with Crippen molar-refractivity contribution in [2.24, 2.45) is 0 Å². The van der Waals surface area contributed by atoms with Crippen LogP contribution in [0.3, 0.4) is 0 Å². The summed E-state index contributed by atoms with van der Waals surface area (Å²) in [5.41, 5.74) is 0.955. The molecule has 1 aromatic heterocycles. The largest absolute Gasteiger partial charge is 0.508 e. The first-order valence-electron chi connectivity index (χ1n) is 6.22. The number of aromatic hydroxyl groups is 1. The Morgan fingerprint density at radius 3 is 2.47 bits per heavy atom. The van der Waals surface area contributed by atoms with Gasteiger partial charge in [0.2, 0.25) is 0 Å². The van der Waals surface area contributed by atoms with Gasteiger partial charge in [0.05, 0.1) is 0 Å². The molecule has 0 spiro atoms. The number of hydrogen-bond donors (Lipinski definition) is 1. The molecule has 0 bridgehead atoms. The van der Waals surface area contributed by atoms with E-state index in [0.29, 0.717) is 12.3 Å². The molecule has 1 aromatic carbocycles. The molecule has 1 amide bonds. The molecule has 0 fully saturated rings. The van der Waals surface area contributed by atoms with Crippen molar-refractivity contribution in [1.29, 1.82) is 0 Å². The van der Waals surface area contributed by atoms with Gasteiger partial charge in [-0.2, -0.15) is 0 Å². The molecule has 2 rings (SSSR count). The molecule has 4 heteroatoms. The summed E-state index contributed by atoms with van der Waals surface area (Å²) in [7, 11) is 1.73. The van der Waals surface area contributed by atoms with Crippen molar-refractivity contribution in [1.82, 2.24) is 4.90 Å². The standard InChI is InChI=1S/C15H17NO3/c1-3-13-8-9-14(19-13)15(18)16(2)10-11-4-6-12(17)7-5-11/h4-9,17H,3,10H2,1-2H3. The van der Waals surface area contributed by atoms with Gasteiger partial charge in [0, 0.05) is 20.0 Å². The summed E-state index contributed by atoms with van der Waals surface area (Å²) >= 11 is 0. The van der Waals surface area contributed by atoms with Crippen molar-refractivity contribution in [3.63, 3.8) is 0 Å². The molecule has 0 saturated carbocycles. The predicted molar refractivity (Wildman–Crippen MR) is 72.0 cm³/mol. The van der Waals surface area contributed by atoms with Gasteiger partial charge in [0.15, 0.2) is 5.76 Å². The van der Waals surface area contributed by atoms with Gasteiger partial charge in [-0.15, -0.1) is 0 Å². The summed E-state index contributed by atoms with van der Waals surface area (Å²) in [6.07, 6.45) is 0.773. The van der Waals surface area contributed by atoms with Gasteiger partial charge in [-0.1, -0.05) is 19.1 Å². The first-order chi connectivity index (χ1) is 9.10. The van der Waals surface area contributed by atoms with Gasteiger partial charge in [-0.3, -0.25) is 4.79 Å². The van der Waals surface area contributed by atoms with E-state index in [1.807, 2.05) is 13.0 Å². The summed E-state index contributed by atoms with van der Waals surface area (Å²) in [5.74, 6) is 1.24. The average Bonchev–Trinajstić information content (AvgIpc) is 2.89. The van der Waals surface area contributed by atoms with Crippen LogP contribution in [-0.4, -0.2) is 23.0 Å². The molecule has 0 unspecified atom stereocenters. The Morgan fingerprint density at radius 1 is 1.21 bits per heavy atom. The van der Waals surface area contributed by atoms with E-state index in [9.17, 15) is 9.90 Å². The molecular formula is C15H17NO3. The highest BCUT2D eigenvalue weighted by Crippen LogP contribution is 2.14. The van der Waals surface area contributed by atoms with Gasteiger partial charge in [0.1, 0.15) is 11.5 Å². The van der Waals surface area contributed by atoms with Crippen LogP contribution in [0.4, 0.5) is 0 Å². The highest BCUT2D eigenvalue weighted by atomic mass is 16.4. The van der Waals surface area contributed by atoms with Crippen molar-refractivity contribution in [2.75, 3.05) is 7.05 Å². The molecule has 2 aromatic rings. The van der Waals surface area contributed by atoms with Gasteiger partial charge >= 0.3 is 0 Å². The van der Waals surface area contributed by atoms with E-state index in [1.165, 1.54) is 0 Å². The van der Waals surface area contributed by atoms with Crippen LogP contribution >= 0.6 is 0 Å². The lowest BCUT2D eigenvalue weighted by atomic mass is 10.2. The zero-order valence-electron chi connectivity index (χ0n) is 11.1. The Balaban J connectivity index is 2.04. The van der Waals surface area contributed by atoms with Crippen LogP contribution in [0.2, 0.25) is 0 Å². The second kappa shape index (κ2) is 5.61. The fourth-order valence-electron chi connectivity index (χ4n) is 1.82. The molecule has 0 radical (unpaired) electrons. The van der Waals surface area contributed by atoms with E-state index in [0.717, 1.165) is 17.7 Å². The number of benzene rings is 1. The number of phenols is 1. The third-order valence-corrected chi connectivity index (χ3v) is 2.92. The van der Waals surface area contributed by atoms with E-state index in [4.69, 9.17) is 4.42 Å². The third kappa shape index (κ3) is 3.16. The minimum Gasteiger partial charge on any atom is -0.508 e. The van der Waals surface area contributed by atoms with Crippen LogP contribution in [0.25, 0.3) is 0 Å². The molecule has 0 atom stereocenters. The molecule has 0 aliphatic rings. The molecule has 0 aliphatic heterocycles. The number of rotatable bonds is 4. The number of carbonyl (C=O) groups excluding carboxylic acids is 1. The minimum absolute atomic E-state index is 0.146. The smallest absolute Gasteiger partial charge is 0.289 e. The third-order valence-electron chi connectivity index (χ3n) is 2.92. The Labute approximate surface area is 112 Å². The van der Waals surface area contributed by atoms with Crippen molar-refractivity contribution in [2.45, 2.75) is 19.9 Å². The quantitative estimate of drug-likeness (QED) is 0.918. The van der Waals surface area contributed by atoms with Crippen LogP contribution < -0.4 is 0 Å². The number of furan rings is 1. The van der Waals surface area contributed by atoms with Crippen LogP contribution in [0.1, 0.15) is 28.8 Å². The fourth-order valence-corrected chi connectivity index (χ4v) is 1.82. The zero-order valence-corrected chi connectivity index (χ0v) is 11.1. The van der Waals surface area contributed by atoms with Crippen LogP contribution in [0.5, 0.6) is 5.75 Å². The Hall–Kier alpha value is -2.23. The number of hydrogen-bond acceptors (Lipinski definition) is 3. The number of aryl methyl sites for hydroxylation is 1. The number of carbonyl (C=O) groups is 1. The van der Waals surface area contributed by atoms with Gasteiger partial charge in [-0.25, -0.2) is 0 Å². The average molecular weight is 259 g/mol. The molecule has 1 N–H and O–H groups in total. The second-order valence-corrected chi connectivity index (χ2v) is 4.45. The molecule has 1 heterocycles. The predicted octanol–water partition coefficient (Wildman–Crippen LogP) is 2.82. The highest BCUT2D eigenvalue weighted by Gasteiger charge is 2.15. The Kier molecular flexibility index (Phi) is 3.90. The van der Waals surface area contributed by atoms with E-state index >= 15 is 0 Å². The van der Waals surface area contributed by atoms with Crippen LogP contribution in [-0.2, 0) is 13.0 Å². The lowest BCUT2D eigenvalue weighted by molar-refractivity contribution is 0.0751. The van der Waals surface area contributed by atoms with Gasteiger partial charge in [-0.05, 0) is 29.8 Å². The van der Waals surface area contributed by atoms with E-state index in [2.05, 4.69) is 0 Å². The highest BCUT2D eigenvalue weighted by molar-refractivity contribution is 5.91. The lowest BCUT2D eigenvalue weighted by Crippen LogP contribution is -2.25. The molecule has 4 nitrogen and oxygen atoms in total. The molecule has 0 saturated heterocycles. The molecule has 19 heavy (non-hydrogen) atoms. The fraction of sp³-hybridized carbons (Fsp3) is 0.267. The zero-order chi connectivity index (χ0) is 13.8. The van der Waals surface area contributed by atoms with Gasteiger partial charge in [0.25, 0.3) is 5.91 Å². The van der Waals surface area contributed by atoms with Gasteiger partial charge < -0.3 is 14.4 Å². The first-order valence-corrected chi connectivity index (χ1v) is 6.22. The van der Waals surface area contributed by atoms with Crippen LogP contribution in [0.15, 0.2) is 40.8 Å². The number of amides is 1. The molecule has 0 aliphatic carbocycles. The summed E-state index contributed by atoms with van der Waals surface area (Å²) in [6, 6.07) is 10.3. The van der Waals surface area contributed by atoms with Crippen molar-refractivity contribution >= 4 is 5.91 Å². The normalized spacial score (nSPS) is 10.4. The monoisotopic (exact) mass is 259 g/mol. The SMILES string of the molecule is CCc1ccc(C(=O)N(C)Cc2ccc(O)cc2)o1. The van der Waals surface area contributed by atoms with Crippen molar-refractivity contribution in [3.05, 3.63) is 53.5 Å². The topological polar surface area (TPSA) is 53.7 Å². The van der Waals surface area contributed by atoms with Crippen LogP contribution in [0, 0.1) is 0 Å². The maximum atomic E-state index is 12.1. The van der Waals surface area contributed by atoms with E-state index in [-0.39, 0.29) is 11.7 Å². The molecule has 100 valence electrons. The Bertz CT molecular complexity index is 557. The molecular weight excluding hydrogens is 242 g/mol. The summed E-state index contributed by atoms with van der Waals surface area (Å²) in [4.78, 5) is 13.7. The summed E-state index contributed by atoms with van der Waals surface area (Å²) in [6.45, 7) is 2.45. The van der Waals surface area contributed by atoms with Crippen molar-refractivity contribution < 1.29 is 14.3 Å².